The highest BCUT2D eigenvalue weighted by molar-refractivity contribution is 5.88. The van der Waals surface area contributed by atoms with Gasteiger partial charge in [0.25, 0.3) is 0 Å². The van der Waals surface area contributed by atoms with Crippen LogP contribution in [0.15, 0.2) is 40.8 Å². The number of amides is 2. The van der Waals surface area contributed by atoms with Gasteiger partial charge in [0, 0.05) is 25.4 Å². The summed E-state index contributed by atoms with van der Waals surface area (Å²) in [7, 11) is 0. The second-order valence-electron chi connectivity index (χ2n) is 7.35. The molecular formula is C22H26N2O5. The molecule has 0 unspecified atom stereocenters. The summed E-state index contributed by atoms with van der Waals surface area (Å²) in [6.07, 6.45) is 2.45. The highest BCUT2D eigenvalue weighted by Crippen LogP contribution is 2.19. The van der Waals surface area contributed by atoms with E-state index in [0.717, 1.165) is 12.0 Å². The fourth-order valence-corrected chi connectivity index (χ4v) is 3.61. The summed E-state index contributed by atoms with van der Waals surface area (Å²) in [5.74, 6) is -0.422. The van der Waals surface area contributed by atoms with E-state index in [1.807, 2.05) is 35.2 Å². The normalized spacial score (nSPS) is 14.6. The maximum atomic E-state index is 12.4. The Labute approximate surface area is 169 Å². The largest absolute Gasteiger partial charge is 0.478 e. The number of nitrogens with one attached hydrogen (secondary N) is 1. The molecule has 154 valence electrons. The van der Waals surface area contributed by atoms with Gasteiger partial charge in [0.15, 0.2) is 0 Å². The number of likely N-dealkylation sites (tertiary alicyclic amines) is 1. The van der Waals surface area contributed by atoms with E-state index in [0.29, 0.717) is 43.9 Å². The number of rotatable bonds is 7. The van der Waals surface area contributed by atoms with Crippen molar-refractivity contribution >= 4 is 17.8 Å². The molecule has 0 radical (unpaired) electrons. The third-order valence-corrected chi connectivity index (χ3v) is 5.32. The molecule has 0 atom stereocenters. The molecule has 0 aliphatic carbocycles. The van der Waals surface area contributed by atoms with Crippen molar-refractivity contribution in [3.63, 3.8) is 0 Å². The van der Waals surface area contributed by atoms with Gasteiger partial charge in [-0.25, -0.2) is 4.79 Å². The molecule has 1 aliphatic heterocycles. The molecule has 7 nitrogen and oxygen atoms in total. The topological polar surface area (TPSA) is 99.9 Å². The third kappa shape index (κ3) is 5.47. The first-order valence-electron chi connectivity index (χ1n) is 9.86. The fourth-order valence-electron chi connectivity index (χ4n) is 3.61. The number of carboxylic acids is 1. The van der Waals surface area contributed by atoms with Gasteiger partial charge in [-0.05, 0) is 37.8 Å². The van der Waals surface area contributed by atoms with Crippen molar-refractivity contribution in [1.29, 1.82) is 0 Å². The number of hydrogen-bond acceptors (Lipinski definition) is 4. The molecule has 0 spiro atoms. The first-order valence-corrected chi connectivity index (χ1v) is 9.86. The van der Waals surface area contributed by atoms with Crippen LogP contribution >= 0.6 is 0 Å². The Balaban J connectivity index is 1.41. The van der Waals surface area contributed by atoms with E-state index < -0.39 is 5.97 Å². The number of nitrogens with zero attached hydrogens (tertiary/aromatic N) is 1. The van der Waals surface area contributed by atoms with Gasteiger partial charge in [0.2, 0.25) is 11.8 Å². The summed E-state index contributed by atoms with van der Waals surface area (Å²) in [4.78, 5) is 37.7. The van der Waals surface area contributed by atoms with Crippen LogP contribution in [0.4, 0.5) is 0 Å². The van der Waals surface area contributed by atoms with Gasteiger partial charge in [-0.2, -0.15) is 0 Å². The van der Waals surface area contributed by atoms with Crippen molar-refractivity contribution in [3.05, 3.63) is 59.0 Å². The van der Waals surface area contributed by atoms with Gasteiger partial charge in [-0.3, -0.25) is 9.59 Å². The molecule has 1 aliphatic rings. The van der Waals surface area contributed by atoms with Crippen molar-refractivity contribution in [2.24, 2.45) is 5.92 Å². The third-order valence-electron chi connectivity index (χ3n) is 5.32. The minimum atomic E-state index is -1.05. The number of piperidine rings is 1. The smallest absolute Gasteiger partial charge is 0.339 e. The quantitative estimate of drug-likeness (QED) is 0.747. The predicted octanol–water partition coefficient (Wildman–Crippen LogP) is 2.77. The summed E-state index contributed by atoms with van der Waals surface area (Å²) in [6.45, 7) is 2.89. The van der Waals surface area contributed by atoms with Gasteiger partial charge in [-0.15, -0.1) is 0 Å². The highest BCUT2D eigenvalue weighted by atomic mass is 16.4. The van der Waals surface area contributed by atoms with Crippen molar-refractivity contribution in [2.45, 2.75) is 39.2 Å². The second kappa shape index (κ2) is 9.41. The van der Waals surface area contributed by atoms with E-state index in [2.05, 4.69) is 5.32 Å². The van der Waals surface area contributed by atoms with E-state index in [1.165, 1.54) is 6.07 Å². The monoisotopic (exact) mass is 398 g/mol. The maximum absolute atomic E-state index is 12.4. The van der Waals surface area contributed by atoms with Gasteiger partial charge in [0.1, 0.15) is 17.1 Å². The zero-order chi connectivity index (χ0) is 20.8. The van der Waals surface area contributed by atoms with Crippen LogP contribution in [0.5, 0.6) is 0 Å². The van der Waals surface area contributed by atoms with Crippen molar-refractivity contribution < 1.29 is 23.9 Å². The van der Waals surface area contributed by atoms with Crippen molar-refractivity contribution in [1.82, 2.24) is 10.2 Å². The number of aryl methyl sites for hydroxylation is 2. The first kappa shape index (κ1) is 20.6. The van der Waals surface area contributed by atoms with Gasteiger partial charge in [0.05, 0.1) is 6.54 Å². The van der Waals surface area contributed by atoms with Gasteiger partial charge >= 0.3 is 5.97 Å². The van der Waals surface area contributed by atoms with Gasteiger partial charge in [-0.1, -0.05) is 30.3 Å². The number of furan rings is 1. The number of aromatic carboxylic acids is 1. The Morgan fingerprint density at radius 1 is 1.17 bits per heavy atom. The second-order valence-corrected chi connectivity index (χ2v) is 7.35. The van der Waals surface area contributed by atoms with Crippen LogP contribution in [0, 0.1) is 12.8 Å². The summed E-state index contributed by atoms with van der Waals surface area (Å²) in [5.41, 5.74) is 1.26. The molecule has 7 heteroatoms. The number of hydrogen-bond donors (Lipinski definition) is 2. The van der Waals surface area contributed by atoms with E-state index in [9.17, 15) is 14.4 Å². The van der Waals surface area contributed by atoms with Gasteiger partial charge < -0.3 is 19.7 Å². The molecule has 2 N–H and O–H groups in total. The van der Waals surface area contributed by atoms with Crippen LogP contribution in [0.3, 0.4) is 0 Å². The van der Waals surface area contributed by atoms with E-state index in [1.54, 1.807) is 6.92 Å². The molecule has 1 aromatic heterocycles. The number of carboxylic acid groups (broad SMARTS) is 1. The van der Waals surface area contributed by atoms with Crippen LogP contribution in [0.2, 0.25) is 0 Å². The summed E-state index contributed by atoms with van der Waals surface area (Å²) < 4.78 is 5.38. The lowest BCUT2D eigenvalue weighted by molar-refractivity contribution is -0.135. The summed E-state index contributed by atoms with van der Waals surface area (Å²) in [5, 5.41) is 11.9. The molecular weight excluding hydrogens is 372 g/mol. The average molecular weight is 398 g/mol. The van der Waals surface area contributed by atoms with Crippen LogP contribution in [0.1, 0.15) is 46.7 Å². The zero-order valence-electron chi connectivity index (χ0n) is 16.5. The number of carbonyl (C=O) groups is 3. The Bertz CT molecular complexity index is 867. The summed E-state index contributed by atoms with van der Waals surface area (Å²) in [6, 6.07) is 11.4. The Morgan fingerprint density at radius 3 is 2.48 bits per heavy atom. The first-order chi connectivity index (χ1) is 13.9. The minimum Gasteiger partial charge on any atom is -0.478 e. The predicted molar refractivity (Wildman–Crippen MR) is 106 cm³/mol. The number of carbonyl (C=O) groups excluding carboxylic acids is 2. The lowest BCUT2D eigenvalue weighted by Gasteiger charge is -2.31. The molecule has 3 rings (SSSR count). The van der Waals surface area contributed by atoms with Crippen LogP contribution < -0.4 is 5.32 Å². The zero-order valence-corrected chi connectivity index (χ0v) is 16.5. The van der Waals surface area contributed by atoms with Crippen molar-refractivity contribution in [3.8, 4) is 0 Å². The van der Waals surface area contributed by atoms with E-state index >= 15 is 0 Å². The summed E-state index contributed by atoms with van der Waals surface area (Å²) >= 11 is 0. The molecule has 29 heavy (non-hydrogen) atoms. The Morgan fingerprint density at radius 2 is 1.86 bits per heavy atom. The van der Waals surface area contributed by atoms with E-state index in [4.69, 9.17) is 9.52 Å². The average Bonchev–Trinajstić information content (AvgIpc) is 3.12. The molecule has 2 heterocycles. The lowest BCUT2D eigenvalue weighted by Crippen LogP contribution is -2.43. The Kier molecular flexibility index (Phi) is 6.69. The molecule has 1 fully saturated rings. The standard InChI is InChI=1S/C22H26N2O5/c1-15-19(22(27)28)13-18(29-15)14-23-21(26)17-9-11-24(12-10-17)20(25)8-7-16-5-3-2-4-6-16/h2-6,13,17H,7-12,14H2,1H3,(H,23,26)(H,27,28). The molecule has 0 saturated carbocycles. The molecule has 2 amide bonds. The molecule has 0 bridgehead atoms. The lowest BCUT2D eigenvalue weighted by atomic mass is 9.95. The van der Waals surface area contributed by atoms with Crippen molar-refractivity contribution in [2.75, 3.05) is 13.1 Å². The molecule has 1 saturated heterocycles. The Hall–Kier alpha value is -3.09. The van der Waals surface area contributed by atoms with E-state index in [-0.39, 0.29) is 29.8 Å². The fraction of sp³-hybridized carbons (Fsp3) is 0.409. The number of benzene rings is 1. The SMILES string of the molecule is Cc1oc(CNC(=O)C2CCN(C(=O)CCc3ccccc3)CC2)cc1C(=O)O. The molecule has 1 aromatic carbocycles. The van der Waals surface area contributed by atoms with Crippen LogP contribution in [0.25, 0.3) is 0 Å². The molecule has 2 aromatic rings. The maximum Gasteiger partial charge on any atom is 0.339 e. The van der Waals surface area contributed by atoms with Crippen LogP contribution in [-0.2, 0) is 22.6 Å². The minimum absolute atomic E-state index is 0.0905. The highest BCUT2D eigenvalue weighted by Gasteiger charge is 2.27. The van der Waals surface area contributed by atoms with Crippen LogP contribution in [-0.4, -0.2) is 40.9 Å².